The van der Waals surface area contributed by atoms with E-state index in [4.69, 9.17) is 9.47 Å². The van der Waals surface area contributed by atoms with Gasteiger partial charge < -0.3 is 19.6 Å². The van der Waals surface area contributed by atoms with Crippen molar-refractivity contribution >= 4 is 27.6 Å². The zero-order chi connectivity index (χ0) is 17.4. The summed E-state index contributed by atoms with van der Waals surface area (Å²) in [6.07, 6.45) is 0. The first-order valence-corrected chi connectivity index (χ1v) is 8.03. The minimum absolute atomic E-state index is 0.182. The summed E-state index contributed by atoms with van der Waals surface area (Å²) in [5.41, 5.74) is 8.20. The Morgan fingerprint density at radius 1 is 1.17 bits per heavy atom. The van der Waals surface area contributed by atoms with E-state index in [1.54, 1.807) is 7.11 Å². The number of esters is 1. The number of nitrogens with one attached hydrogen (secondary N) is 2. The third-order valence-corrected chi connectivity index (χ3v) is 3.74. The molecule has 6 nitrogen and oxygen atoms in total. The molecule has 2 aromatic rings. The largest absolute Gasteiger partial charge is 0.493 e. The van der Waals surface area contributed by atoms with Crippen LogP contribution in [0.5, 0.6) is 11.5 Å². The Morgan fingerprint density at radius 2 is 1.92 bits per heavy atom. The standard InChI is InChI=1S/C17H19BrN2O4/c1-22-15-9-12(10-19-20-13-6-4-3-5-7-13)8-14(18)17(15)24-11-16(21)23-2/h3-9,19-20H,10-11H2,1-2H3. The van der Waals surface area contributed by atoms with Crippen molar-refractivity contribution in [2.45, 2.75) is 6.54 Å². The third-order valence-electron chi connectivity index (χ3n) is 3.15. The number of anilines is 1. The zero-order valence-electron chi connectivity index (χ0n) is 13.5. The lowest BCUT2D eigenvalue weighted by atomic mass is 10.2. The summed E-state index contributed by atoms with van der Waals surface area (Å²) >= 11 is 3.44. The van der Waals surface area contributed by atoms with E-state index >= 15 is 0 Å². The van der Waals surface area contributed by atoms with Crippen molar-refractivity contribution in [3.05, 3.63) is 52.5 Å². The molecular formula is C17H19BrN2O4. The van der Waals surface area contributed by atoms with Gasteiger partial charge in [0.15, 0.2) is 18.1 Å². The van der Waals surface area contributed by atoms with E-state index in [0.717, 1.165) is 11.3 Å². The highest BCUT2D eigenvalue weighted by Crippen LogP contribution is 2.36. The van der Waals surface area contributed by atoms with Gasteiger partial charge in [-0.15, -0.1) is 0 Å². The first kappa shape index (κ1) is 18.1. The molecule has 0 saturated heterocycles. The fraction of sp³-hybridized carbons (Fsp3) is 0.235. The fourth-order valence-corrected chi connectivity index (χ4v) is 2.58. The SMILES string of the molecule is COC(=O)COc1c(Br)cc(CNNc2ccccc2)cc1OC. The van der Waals surface area contributed by atoms with E-state index in [1.807, 2.05) is 42.5 Å². The summed E-state index contributed by atoms with van der Waals surface area (Å²) in [5.74, 6) is 0.536. The number of hydrogen-bond acceptors (Lipinski definition) is 6. The minimum atomic E-state index is -0.457. The van der Waals surface area contributed by atoms with Gasteiger partial charge in [0.05, 0.1) is 18.7 Å². The Labute approximate surface area is 149 Å². The number of hydrazine groups is 1. The van der Waals surface area contributed by atoms with Crippen molar-refractivity contribution in [1.29, 1.82) is 0 Å². The first-order valence-electron chi connectivity index (χ1n) is 7.24. The number of benzene rings is 2. The van der Waals surface area contributed by atoms with Crippen LogP contribution in [0.15, 0.2) is 46.9 Å². The molecule has 0 radical (unpaired) electrons. The molecule has 0 amide bonds. The van der Waals surface area contributed by atoms with Crippen LogP contribution in [0.1, 0.15) is 5.56 Å². The van der Waals surface area contributed by atoms with E-state index in [0.29, 0.717) is 22.5 Å². The lowest BCUT2D eigenvalue weighted by Gasteiger charge is -2.14. The molecule has 0 aliphatic heterocycles. The summed E-state index contributed by atoms with van der Waals surface area (Å²) in [7, 11) is 2.86. The molecule has 0 aromatic heterocycles. The van der Waals surface area contributed by atoms with Crippen LogP contribution in [0.25, 0.3) is 0 Å². The lowest BCUT2D eigenvalue weighted by Crippen LogP contribution is -2.21. The molecular weight excluding hydrogens is 376 g/mol. The van der Waals surface area contributed by atoms with Crippen molar-refractivity contribution in [3.8, 4) is 11.5 Å². The zero-order valence-corrected chi connectivity index (χ0v) is 15.1. The number of carbonyl (C=O) groups excluding carboxylic acids is 1. The highest BCUT2D eigenvalue weighted by molar-refractivity contribution is 9.10. The molecule has 0 saturated carbocycles. The van der Waals surface area contributed by atoms with E-state index < -0.39 is 5.97 Å². The fourth-order valence-electron chi connectivity index (χ4n) is 1.98. The molecule has 0 aliphatic rings. The second-order valence-electron chi connectivity index (χ2n) is 4.82. The molecule has 2 N–H and O–H groups in total. The maximum Gasteiger partial charge on any atom is 0.343 e. The first-order chi connectivity index (χ1) is 11.6. The van der Waals surface area contributed by atoms with Gasteiger partial charge in [-0.05, 0) is 45.8 Å². The van der Waals surface area contributed by atoms with Crippen LogP contribution in [0.4, 0.5) is 5.69 Å². The van der Waals surface area contributed by atoms with Gasteiger partial charge in [-0.3, -0.25) is 0 Å². The Kier molecular flexibility index (Phi) is 6.89. The predicted molar refractivity (Wildman–Crippen MR) is 95.1 cm³/mol. The Hall–Kier alpha value is -2.25. The van der Waals surface area contributed by atoms with Gasteiger partial charge >= 0.3 is 5.97 Å². The van der Waals surface area contributed by atoms with Crippen molar-refractivity contribution in [1.82, 2.24) is 5.43 Å². The van der Waals surface area contributed by atoms with Gasteiger partial charge in [0.2, 0.25) is 0 Å². The van der Waals surface area contributed by atoms with E-state index in [1.165, 1.54) is 7.11 Å². The molecule has 0 atom stereocenters. The topological polar surface area (TPSA) is 68.8 Å². The second kappa shape index (κ2) is 9.14. The molecule has 0 fully saturated rings. The number of rotatable bonds is 8. The van der Waals surface area contributed by atoms with Crippen LogP contribution < -0.4 is 20.3 Å². The number of ether oxygens (including phenoxy) is 3. The number of carbonyl (C=O) groups is 1. The predicted octanol–water partition coefficient (Wildman–Crippen LogP) is 3.13. The van der Waals surface area contributed by atoms with E-state index in [9.17, 15) is 4.79 Å². The van der Waals surface area contributed by atoms with E-state index in [2.05, 4.69) is 31.5 Å². The molecule has 0 aliphatic carbocycles. The molecule has 128 valence electrons. The van der Waals surface area contributed by atoms with E-state index in [-0.39, 0.29) is 6.61 Å². The molecule has 0 bridgehead atoms. The number of methoxy groups -OCH3 is 2. The summed E-state index contributed by atoms with van der Waals surface area (Å²) in [6, 6.07) is 13.5. The maximum atomic E-state index is 11.2. The maximum absolute atomic E-state index is 11.2. The minimum Gasteiger partial charge on any atom is -0.493 e. The summed E-state index contributed by atoms with van der Waals surface area (Å²) < 4.78 is 16.1. The lowest BCUT2D eigenvalue weighted by molar-refractivity contribution is -0.142. The van der Waals surface area contributed by atoms with Crippen LogP contribution >= 0.6 is 15.9 Å². The molecule has 0 spiro atoms. The van der Waals surface area contributed by atoms with Gasteiger partial charge in [0, 0.05) is 12.2 Å². The third kappa shape index (κ3) is 5.14. The van der Waals surface area contributed by atoms with Crippen molar-refractivity contribution < 1.29 is 19.0 Å². The van der Waals surface area contributed by atoms with Crippen molar-refractivity contribution in [2.75, 3.05) is 26.3 Å². The Balaban J connectivity index is 2.01. The van der Waals surface area contributed by atoms with Crippen LogP contribution in [-0.2, 0) is 16.1 Å². The normalized spacial score (nSPS) is 10.1. The molecule has 0 unspecified atom stereocenters. The van der Waals surface area contributed by atoms with Crippen LogP contribution in [0, 0.1) is 0 Å². The molecule has 7 heteroatoms. The highest BCUT2D eigenvalue weighted by Gasteiger charge is 2.13. The second-order valence-corrected chi connectivity index (χ2v) is 5.67. The van der Waals surface area contributed by atoms with Gasteiger partial charge in [-0.2, -0.15) is 0 Å². The van der Waals surface area contributed by atoms with Gasteiger partial charge in [-0.25, -0.2) is 10.2 Å². The monoisotopic (exact) mass is 394 g/mol. The van der Waals surface area contributed by atoms with Gasteiger partial charge in [-0.1, -0.05) is 18.2 Å². The molecule has 2 rings (SSSR count). The Bertz CT molecular complexity index is 680. The molecule has 24 heavy (non-hydrogen) atoms. The summed E-state index contributed by atoms with van der Waals surface area (Å²) in [4.78, 5) is 11.2. The smallest absolute Gasteiger partial charge is 0.343 e. The average molecular weight is 395 g/mol. The van der Waals surface area contributed by atoms with Gasteiger partial charge in [0.25, 0.3) is 0 Å². The average Bonchev–Trinajstić information content (AvgIpc) is 2.61. The number of hydrogen-bond donors (Lipinski definition) is 2. The van der Waals surface area contributed by atoms with Crippen LogP contribution in [0.3, 0.4) is 0 Å². The highest BCUT2D eigenvalue weighted by atomic mass is 79.9. The summed E-state index contributed by atoms with van der Waals surface area (Å²) in [6.45, 7) is 0.389. The number of halogens is 1. The molecule has 2 aromatic carbocycles. The quantitative estimate of drug-likeness (QED) is 0.529. The van der Waals surface area contributed by atoms with Crippen LogP contribution in [-0.4, -0.2) is 26.8 Å². The Morgan fingerprint density at radius 3 is 2.58 bits per heavy atom. The summed E-state index contributed by atoms with van der Waals surface area (Å²) in [5, 5.41) is 0. The van der Waals surface area contributed by atoms with Gasteiger partial charge in [0.1, 0.15) is 0 Å². The molecule has 0 heterocycles. The van der Waals surface area contributed by atoms with Crippen LogP contribution in [0.2, 0.25) is 0 Å². The van der Waals surface area contributed by atoms with Crippen molar-refractivity contribution in [2.24, 2.45) is 0 Å². The number of para-hydroxylation sites is 1. The van der Waals surface area contributed by atoms with Crippen molar-refractivity contribution in [3.63, 3.8) is 0 Å².